The molecule has 0 aromatic carbocycles. The number of imidazole rings is 1. The first-order chi connectivity index (χ1) is 8.38. The number of aromatic amines is 1. The van der Waals surface area contributed by atoms with Crippen LogP contribution in [0.1, 0.15) is 0 Å². The normalized spacial score (nSPS) is 10.6. The van der Waals surface area contributed by atoms with Gasteiger partial charge in [-0.15, -0.1) is 0 Å². The van der Waals surface area contributed by atoms with Crippen molar-refractivity contribution in [2.24, 2.45) is 0 Å². The number of rotatable bonds is 2. The minimum absolute atomic E-state index is 0.555. The first-order valence-corrected chi connectivity index (χ1v) is 5.17. The molecule has 1 N–H and O–H groups in total. The molecule has 0 aliphatic carbocycles. The highest BCUT2D eigenvalue weighted by atomic mass is 16.5. The van der Waals surface area contributed by atoms with Crippen molar-refractivity contribution in [3.05, 3.63) is 36.8 Å². The maximum absolute atomic E-state index is 5.21. The fraction of sp³-hybridized carbons (Fsp3) is 0.0833. The molecule has 0 fully saturated rings. The van der Waals surface area contributed by atoms with Crippen LogP contribution in [-0.4, -0.2) is 27.0 Å². The van der Waals surface area contributed by atoms with Crippen molar-refractivity contribution in [2.75, 3.05) is 7.11 Å². The number of nitrogens with one attached hydrogen (secondary N) is 1. The zero-order valence-electron chi connectivity index (χ0n) is 9.21. The van der Waals surface area contributed by atoms with Gasteiger partial charge in [0.25, 0.3) is 0 Å². The standard InChI is InChI=1S/C12H10N4O/c1-17-12-8(3-2-5-14-12)11-15-9-4-6-13-7-10(9)16-11/h2-7H,1H3,(H,15,16). The fourth-order valence-electron chi connectivity index (χ4n) is 1.72. The monoisotopic (exact) mass is 226 g/mol. The number of fused-ring (bicyclic) bond motifs is 1. The molecular formula is C12H10N4O. The molecule has 0 aliphatic heterocycles. The van der Waals surface area contributed by atoms with E-state index in [4.69, 9.17) is 4.74 Å². The topological polar surface area (TPSA) is 63.7 Å². The SMILES string of the molecule is COc1ncccc1-c1nc2ccncc2[nH]1. The van der Waals surface area contributed by atoms with E-state index in [2.05, 4.69) is 19.9 Å². The maximum Gasteiger partial charge on any atom is 0.224 e. The van der Waals surface area contributed by atoms with Gasteiger partial charge in [0.2, 0.25) is 5.88 Å². The third-order valence-corrected chi connectivity index (χ3v) is 2.50. The lowest BCUT2D eigenvalue weighted by Crippen LogP contribution is -1.91. The van der Waals surface area contributed by atoms with Crippen LogP contribution in [0.2, 0.25) is 0 Å². The largest absolute Gasteiger partial charge is 0.480 e. The molecule has 3 aromatic rings. The number of aromatic nitrogens is 4. The zero-order chi connectivity index (χ0) is 11.7. The number of hydrogen-bond acceptors (Lipinski definition) is 4. The second-order valence-corrected chi connectivity index (χ2v) is 3.54. The minimum Gasteiger partial charge on any atom is -0.480 e. The van der Waals surface area contributed by atoms with E-state index >= 15 is 0 Å². The molecule has 84 valence electrons. The lowest BCUT2D eigenvalue weighted by atomic mass is 10.2. The Kier molecular flexibility index (Phi) is 2.22. The van der Waals surface area contributed by atoms with Crippen LogP contribution in [0.15, 0.2) is 36.8 Å². The summed E-state index contributed by atoms with van der Waals surface area (Å²) in [6.45, 7) is 0. The molecule has 3 rings (SSSR count). The number of nitrogens with zero attached hydrogens (tertiary/aromatic N) is 3. The van der Waals surface area contributed by atoms with Crippen molar-refractivity contribution in [2.45, 2.75) is 0 Å². The molecular weight excluding hydrogens is 216 g/mol. The van der Waals surface area contributed by atoms with Gasteiger partial charge in [-0.1, -0.05) is 0 Å². The van der Waals surface area contributed by atoms with Crippen molar-refractivity contribution in [3.8, 4) is 17.3 Å². The van der Waals surface area contributed by atoms with Crippen molar-refractivity contribution >= 4 is 11.0 Å². The molecule has 5 heteroatoms. The van der Waals surface area contributed by atoms with E-state index in [9.17, 15) is 0 Å². The zero-order valence-corrected chi connectivity index (χ0v) is 9.21. The summed E-state index contributed by atoms with van der Waals surface area (Å²) in [6.07, 6.45) is 5.15. The average molecular weight is 226 g/mol. The van der Waals surface area contributed by atoms with E-state index in [1.807, 2.05) is 18.2 Å². The van der Waals surface area contributed by atoms with Crippen LogP contribution >= 0.6 is 0 Å². The molecule has 3 aromatic heterocycles. The first kappa shape index (κ1) is 9.77. The summed E-state index contributed by atoms with van der Waals surface area (Å²) >= 11 is 0. The Morgan fingerprint density at radius 2 is 2.18 bits per heavy atom. The Hall–Kier alpha value is -2.43. The third-order valence-electron chi connectivity index (χ3n) is 2.50. The number of hydrogen-bond donors (Lipinski definition) is 1. The van der Waals surface area contributed by atoms with Gasteiger partial charge in [-0.25, -0.2) is 9.97 Å². The van der Waals surface area contributed by atoms with Crippen molar-refractivity contribution in [3.63, 3.8) is 0 Å². The molecule has 0 amide bonds. The summed E-state index contributed by atoms with van der Waals surface area (Å²) < 4.78 is 5.21. The molecule has 0 spiro atoms. The van der Waals surface area contributed by atoms with Gasteiger partial charge in [-0.3, -0.25) is 4.98 Å². The Morgan fingerprint density at radius 3 is 3.00 bits per heavy atom. The number of ether oxygens (including phenoxy) is 1. The van der Waals surface area contributed by atoms with Gasteiger partial charge in [0.05, 0.1) is 29.9 Å². The number of H-pyrrole nitrogens is 1. The molecule has 3 heterocycles. The van der Waals surface area contributed by atoms with E-state index < -0.39 is 0 Å². The van der Waals surface area contributed by atoms with Gasteiger partial charge in [0.1, 0.15) is 5.82 Å². The van der Waals surface area contributed by atoms with Crippen LogP contribution in [-0.2, 0) is 0 Å². The van der Waals surface area contributed by atoms with Crippen LogP contribution in [0.4, 0.5) is 0 Å². The number of pyridine rings is 2. The molecule has 0 saturated heterocycles. The highest BCUT2D eigenvalue weighted by Gasteiger charge is 2.10. The molecule has 0 bridgehead atoms. The highest BCUT2D eigenvalue weighted by molar-refractivity contribution is 5.79. The minimum atomic E-state index is 0.555. The van der Waals surface area contributed by atoms with Crippen LogP contribution in [0.3, 0.4) is 0 Å². The van der Waals surface area contributed by atoms with E-state index in [1.54, 1.807) is 25.7 Å². The van der Waals surface area contributed by atoms with Gasteiger partial charge in [-0.05, 0) is 18.2 Å². The fourth-order valence-corrected chi connectivity index (χ4v) is 1.72. The maximum atomic E-state index is 5.21. The predicted molar refractivity (Wildman–Crippen MR) is 63.7 cm³/mol. The van der Waals surface area contributed by atoms with Crippen molar-refractivity contribution in [1.82, 2.24) is 19.9 Å². The second kappa shape index (κ2) is 3.86. The molecule has 0 atom stereocenters. The Labute approximate surface area is 97.5 Å². The number of methoxy groups -OCH3 is 1. The van der Waals surface area contributed by atoms with Crippen molar-refractivity contribution < 1.29 is 4.74 Å². The van der Waals surface area contributed by atoms with E-state index in [-0.39, 0.29) is 0 Å². The molecule has 0 aliphatic rings. The Bertz CT molecular complexity index is 629. The highest BCUT2D eigenvalue weighted by Crippen LogP contribution is 2.26. The van der Waals surface area contributed by atoms with Crippen LogP contribution in [0.5, 0.6) is 5.88 Å². The summed E-state index contributed by atoms with van der Waals surface area (Å²) in [5.74, 6) is 1.29. The summed E-state index contributed by atoms with van der Waals surface area (Å²) in [7, 11) is 1.59. The molecule has 17 heavy (non-hydrogen) atoms. The van der Waals surface area contributed by atoms with Crippen LogP contribution in [0.25, 0.3) is 22.4 Å². The molecule has 0 unspecified atom stereocenters. The second-order valence-electron chi connectivity index (χ2n) is 3.54. The van der Waals surface area contributed by atoms with Crippen LogP contribution < -0.4 is 4.74 Å². The third kappa shape index (κ3) is 1.61. The van der Waals surface area contributed by atoms with Gasteiger partial charge < -0.3 is 9.72 Å². The van der Waals surface area contributed by atoms with Crippen molar-refractivity contribution in [1.29, 1.82) is 0 Å². The lowest BCUT2D eigenvalue weighted by Gasteiger charge is -2.02. The molecule has 5 nitrogen and oxygen atoms in total. The quantitative estimate of drug-likeness (QED) is 0.726. The van der Waals surface area contributed by atoms with Gasteiger partial charge in [0.15, 0.2) is 0 Å². The van der Waals surface area contributed by atoms with Gasteiger partial charge in [0, 0.05) is 12.4 Å². The summed E-state index contributed by atoms with van der Waals surface area (Å²) in [6, 6.07) is 5.62. The lowest BCUT2D eigenvalue weighted by molar-refractivity contribution is 0.399. The molecule has 0 saturated carbocycles. The first-order valence-electron chi connectivity index (χ1n) is 5.17. The smallest absolute Gasteiger partial charge is 0.224 e. The molecule has 0 radical (unpaired) electrons. The average Bonchev–Trinajstić information content (AvgIpc) is 2.82. The Morgan fingerprint density at radius 1 is 1.24 bits per heavy atom. The van der Waals surface area contributed by atoms with Gasteiger partial charge >= 0.3 is 0 Å². The summed E-state index contributed by atoms with van der Waals surface area (Å²) in [5.41, 5.74) is 2.61. The predicted octanol–water partition coefficient (Wildman–Crippen LogP) is 2.03. The van der Waals surface area contributed by atoms with E-state index in [0.717, 1.165) is 22.4 Å². The van der Waals surface area contributed by atoms with Gasteiger partial charge in [-0.2, -0.15) is 0 Å². The Balaban J connectivity index is 2.20. The van der Waals surface area contributed by atoms with E-state index in [1.165, 1.54) is 0 Å². The van der Waals surface area contributed by atoms with E-state index in [0.29, 0.717) is 5.88 Å². The summed E-state index contributed by atoms with van der Waals surface area (Å²) in [4.78, 5) is 15.9. The van der Waals surface area contributed by atoms with Crippen LogP contribution in [0, 0.1) is 0 Å². The summed E-state index contributed by atoms with van der Waals surface area (Å²) in [5, 5.41) is 0.